The van der Waals surface area contributed by atoms with E-state index >= 15 is 0 Å². The van der Waals surface area contributed by atoms with Crippen molar-refractivity contribution in [3.8, 4) is 0 Å². The number of hydrogen-bond donors (Lipinski definition) is 2. The van der Waals surface area contributed by atoms with Crippen molar-refractivity contribution >= 4 is 32.5 Å². The highest BCUT2D eigenvalue weighted by atomic mass is 32.2. The number of hydrogen-bond acceptors (Lipinski definition) is 4. The molecule has 0 spiro atoms. The topological polar surface area (TPSA) is 91.6 Å². The van der Waals surface area contributed by atoms with Crippen molar-refractivity contribution in [1.82, 2.24) is 9.29 Å². The molecule has 3 aromatic rings. The highest BCUT2D eigenvalue weighted by Gasteiger charge is 2.33. The van der Waals surface area contributed by atoms with Crippen LogP contribution in [0.5, 0.6) is 0 Å². The smallest absolute Gasteiger partial charge is 0.240 e. The molecule has 7 nitrogen and oxygen atoms in total. The molecular weight excluding hydrogens is 402 g/mol. The summed E-state index contributed by atoms with van der Waals surface area (Å²) in [7, 11) is -1.83. The molecule has 1 aromatic heterocycles. The van der Waals surface area contributed by atoms with Crippen LogP contribution in [-0.2, 0) is 34.7 Å². The lowest BCUT2D eigenvalue weighted by atomic mass is 10.00. The number of carbonyl (C=O) groups is 1. The Morgan fingerprint density at radius 2 is 1.87 bits per heavy atom. The number of aryl methyl sites for hydroxylation is 2. The second kappa shape index (κ2) is 6.94. The Balaban J connectivity index is 1.36. The zero-order valence-electron chi connectivity index (χ0n) is 16.6. The van der Waals surface area contributed by atoms with Gasteiger partial charge in [0.25, 0.3) is 0 Å². The highest BCUT2D eigenvalue weighted by Crippen LogP contribution is 2.38. The van der Waals surface area contributed by atoms with Crippen molar-refractivity contribution < 1.29 is 18.3 Å². The van der Waals surface area contributed by atoms with E-state index in [9.17, 15) is 18.3 Å². The molecule has 156 valence electrons. The van der Waals surface area contributed by atoms with Crippen LogP contribution in [0.3, 0.4) is 0 Å². The van der Waals surface area contributed by atoms with Crippen LogP contribution in [0.15, 0.2) is 47.5 Å². The number of nitrogens with one attached hydrogen (secondary N) is 1. The van der Waals surface area contributed by atoms with Gasteiger partial charge in [0.05, 0.1) is 16.7 Å². The Labute approximate surface area is 175 Å². The van der Waals surface area contributed by atoms with Crippen LogP contribution in [0.1, 0.15) is 29.2 Å². The van der Waals surface area contributed by atoms with Crippen LogP contribution in [0.25, 0.3) is 10.9 Å². The summed E-state index contributed by atoms with van der Waals surface area (Å²) in [4.78, 5) is 14.0. The number of aromatic nitrogens is 1. The Bertz CT molecular complexity index is 1280. The normalized spacial score (nSPS) is 16.9. The van der Waals surface area contributed by atoms with Gasteiger partial charge in [-0.3, -0.25) is 4.79 Å². The first kappa shape index (κ1) is 19.3. The molecule has 0 radical (unpaired) electrons. The van der Waals surface area contributed by atoms with Crippen LogP contribution in [0.4, 0.5) is 5.69 Å². The molecule has 0 fully saturated rings. The molecule has 0 saturated heterocycles. The Kier molecular flexibility index (Phi) is 4.46. The zero-order chi connectivity index (χ0) is 21.0. The van der Waals surface area contributed by atoms with Crippen molar-refractivity contribution in [1.29, 1.82) is 0 Å². The third-order valence-corrected chi connectivity index (χ3v) is 7.50. The minimum absolute atomic E-state index is 0.105. The number of nitrogens with zero attached hydrogens (tertiary/aromatic N) is 2. The fourth-order valence-electron chi connectivity index (χ4n) is 4.48. The lowest BCUT2D eigenvalue weighted by Crippen LogP contribution is -2.33. The number of amides is 1. The Morgan fingerprint density at radius 1 is 1.10 bits per heavy atom. The molecule has 1 atom stereocenters. The van der Waals surface area contributed by atoms with Crippen molar-refractivity contribution in [3.63, 3.8) is 0 Å². The summed E-state index contributed by atoms with van der Waals surface area (Å²) in [5, 5.41) is 11.5. The average Bonchev–Trinajstić information content (AvgIpc) is 3.33. The van der Waals surface area contributed by atoms with E-state index in [1.54, 1.807) is 17.0 Å². The van der Waals surface area contributed by atoms with E-state index in [2.05, 4.69) is 4.72 Å². The lowest BCUT2D eigenvalue weighted by Gasteiger charge is -2.25. The standard InChI is InChI=1S/C22H23N3O4S/c1-24-8-6-14-10-15(2-4-19(14)24)20(26)13-23-30(28,29)18-11-16-3-5-21(27)25-9-7-17(12-18)22(16)25/h2,4,6,8,10-12,20,23,26H,3,5,7,9,13H2,1H3/t20-/m1/s1. The first-order valence-corrected chi connectivity index (χ1v) is 11.5. The van der Waals surface area contributed by atoms with Gasteiger partial charge in [-0.05, 0) is 65.3 Å². The first-order chi connectivity index (χ1) is 14.3. The molecule has 3 heterocycles. The number of fused-ring (bicyclic) bond motifs is 1. The van der Waals surface area contributed by atoms with Gasteiger partial charge in [0.1, 0.15) is 0 Å². The molecule has 2 aliphatic rings. The number of benzene rings is 2. The number of carbonyl (C=O) groups excluding carboxylic acids is 1. The van der Waals surface area contributed by atoms with E-state index in [4.69, 9.17) is 0 Å². The molecule has 0 saturated carbocycles. The van der Waals surface area contributed by atoms with Crippen LogP contribution < -0.4 is 9.62 Å². The summed E-state index contributed by atoms with van der Waals surface area (Å²) in [6.07, 6.45) is 2.62. The quantitative estimate of drug-likeness (QED) is 0.654. The Hall–Kier alpha value is -2.68. The molecule has 0 aliphatic carbocycles. The fourth-order valence-corrected chi connectivity index (χ4v) is 5.62. The zero-order valence-corrected chi connectivity index (χ0v) is 17.4. The number of sulfonamides is 1. The second-order valence-electron chi connectivity index (χ2n) is 8.00. The molecule has 1 amide bonds. The van der Waals surface area contributed by atoms with Gasteiger partial charge >= 0.3 is 0 Å². The van der Waals surface area contributed by atoms with Crippen LogP contribution in [0.2, 0.25) is 0 Å². The van der Waals surface area contributed by atoms with E-state index in [1.807, 2.05) is 42.1 Å². The molecule has 30 heavy (non-hydrogen) atoms. The summed E-state index contributed by atoms with van der Waals surface area (Å²) in [5.41, 5.74) is 4.40. The van der Waals surface area contributed by atoms with Crippen molar-refractivity contribution in [2.45, 2.75) is 30.3 Å². The average molecular weight is 426 g/mol. The molecular formula is C22H23N3O4S. The molecule has 2 N–H and O–H groups in total. The molecule has 0 unspecified atom stereocenters. The lowest BCUT2D eigenvalue weighted by molar-refractivity contribution is -0.118. The van der Waals surface area contributed by atoms with Gasteiger partial charge in [0.2, 0.25) is 15.9 Å². The van der Waals surface area contributed by atoms with Crippen LogP contribution in [0, 0.1) is 0 Å². The molecule has 2 aliphatic heterocycles. The van der Waals surface area contributed by atoms with Crippen molar-refractivity contribution in [3.05, 3.63) is 59.3 Å². The SMILES string of the molecule is Cn1ccc2cc([C@H](O)CNS(=O)(=O)c3cc4c5c(c3)CCN5C(=O)CC4)ccc21. The Morgan fingerprint density at radius 3 is 2.67 bits per heavy atom. The van der Waals surface area contributed by atoms with Gasteiger partial charge in [-0.2, -0.15) is 0 Å². The molecule has 2 aromatic carbocycles. The number of aliphatic hydroxyl groups excluding tert-OH is 1. The summed E-state index contributed by atoms with van der Waals surface area (Å²) in [5.74, 6) is 0.105. The largest absolute Gasteiger partial charge is 0.387 e. The van der Waals surface area contributed by atoms with Gasteiger partial charge in [-0.25, -0.2) is 13.1 Å². The number of aliphatic hydroxyl groups is 1. The van der Waals surface area contributed by atoms with Crippen molar-refractivity contribution in [2.24, 2.45) is 7.05 Å². The summed E-state index contributed by atoms with van der Waals surface area (Å²) in [6, 6.07) is 10.9. The number of rotatable bonds is 5. The number of anilines is 1. The maximum Gasteiger partial charge on any atom is 0.240 e. The summed E-state index contributed by atoms with van der Waals surface area (Å²) < 4.78 is 30.4. The van der Waals surface area contributed by atoms with E-state index < -0.39 is 16.1 Å². The predicted molar refractivity (Wildman–Crippen MR) is 114 cm³/mol. The maximum atomic E-state index is 12.9. The summed E-state index contributed by atoms with van der Waals surface area (Å²) >= 11 is 0. The highest BCUT2D eigenvalue weighted by molar-refractivity contribution is 7.89. The minimum Gasteiger partial charge on any atom is -0.387 e. The van der Waals surface area contributed by atoms with Crippen LogP contribution in [-0.4, -0.2) is 37.1 Å². The third-order valence-electron chi connectivity index (χ3n) is 6.10. The summed E-state index contributed by atoms with van der Waals surface area (Å²) in [6.45, 7) is 0.497. The van der Waals surface area contributed by atoms with Gasteiger partial charge in [-0.15, -0.1) is 0 Å². The van der Waals surface area contributed by atoms with Gasteiger partial charge in [-0.1, -0.05) is 6.07 Å². The van der Waals surface area contributed by atoms with Gasteiger partial charge in [0, 0.05) is 38.3 Å². The fraction of sp³-hybridized carbons (Fsp3) is 0.318. The maximum absolute atomic E-state index is 12.9. The minimum atomic E-state index is -3.78. The predicted octanol–water partition coefficient (Wildman–Crippen LogP) is 2.03. The van der Waals surface area contributed by atoms with E-state index in [-0.39, 0.29) is 17.3 Å². The van der Waals surface area contributed by atoms with Gasteiger partial charge < -0.3 is 14.6 Å². The third kappa shape index (κ3) is 3.12. The molecule has 8 heteroatoms. The van der Waals surface area contributed by atoms with E-state index in [1.165, 1.54) is 0 Å². The second-order valence-corrected chi connectivity index (χ2v) is 9.77. The van der Waals surface area contributed by atoms with Gasteiger partial charge in [0.15, 0.2) is 0 Å². The van der Waals surface area contributed by atoms with E-state index in [0.717, 1.165) is 27.7 Å². The van der Waals surface area contributed by atoms with Crippen molar-refractivity contribution in [2.75, 3.05) is 18.0 Å². The molecule has 0 bridgehead atoms. The van der Waals surface area contributed by atoms with E-state index in [0.29, 0.717) is 31.4 Å². The monoisotopic (exact) mass is 425 g/mol. The van der Waals surface area contributed by atoms with Crippen LogP contribution >= 0.6 is 0 Å². The molecule has 5 rings (SSSR count). The first-order valence-electron chi connectivity index (χ1n) is 10.0.